The van der Waals surface area contributed by atoms with Crippen molar-refractivity contribution in [1.29, 1.82) is 0 Å². The molecular weight excluding hydrogens is 258 g/mol. The summed E-state index contributed by atoms with van der Waals surface area (Å²) in [6, 6.07) is 2.29. The fourth-order valence-electron chi connectivity index (χ4n) is 4.68. The molecule has 0 radical (unpaired) electrons. The molecule has 0 amide bonds. The molecule has 0 aromatic heterocycles. The van der Waals surface area contributed by atoms with Crippen LogP contribution in [0.1, 0.15) is 58.8 Å². The third-order valence-corrected chi connectivity index (χ3v) is 5.51. The van der Waals surface area contributed by atoms with Crippen molar-refractivity contribution in [3.63, 3.8) is 0 Å². The van der Waals surface area contributed by atoms with E-state index in [0.717, 1.165) is 30.6 Å². The third-order valence-electron chi connectivity index (χ3n) is 5.51. The molecule has 1 N–H and O–H groups in total. The molecule has 0 aromatic carbocycles. The van der Waals surface area contributed by atoms with E-state index in [1.807, 2.05) is 0 Å². The summed E-state index contributed by atoms with van der Waals surface area (Å²) in [6.07, 6.45) is 9.82. The number of likely N-dealkylation sites (N-methyl/N-ethyl adjacent to an activating group) is 2. The van der Waals surface area contributed by atoms with Gasteiger partial charge in [-0.3, -0.25) is 4.90 Å². The van der Waals surface area contributed by atoms with Crippen molar-refractivity contribution in [3.8, 4) is 0 Å². The molecule has 4 atom stereocenters. The topological polar surface area (TPSA) is 18.5 Å². The number of hydrogen-bond acceptors (Lipinski definition) is 3. The van der Waals surface area contributed by atoms with E-state index in [2.05, 4.69) is 43.1 Å². The van der Waals surface area contributed by atoms with E-state index in [-0.39, 0.29) is 0 Å². The summed E-state index contributed by atoms with van der Waals surface area (Å²) >= 11 is 0. The van der Waals surface area contributed by atoms with E-state index in [1.165, 1.54) is 58.0 Å². The van der Waals surface area contributed by atoms with Crippen molar-refractivity contribution in [1.82, 2.24) is 15.1 Å². The van der Waals surface area contributed by atoms with Crippen LogP contribution in [0.2, 0.25) is 0 Å². The lowest BCUT2D eigenvalue weighted by Crippen LogP contribution is -2.56. The minimum atomic E-state index is 0.728. The van der Waals surface area contributed by atoms with Gasteiger partial charge in [-0.15, -0.1) is 0 Å². The molecule has 0 spiro atoms. The molecule has 0 bridgehead atoms. The van der Waals surface area contributed by atoms with Crippen LogP contribution in [0.15, 0.2) is 0 Å². The number of rotatable bonds is 7. The van der Waals surface area contributed by atoms with Crippen molar-refractivity contribution in [2.24, 2.45) is 5.92 Å². The molecule has 3 heteroatoms. The first-order valence-corrected chi connectivity index (χ1v) is 9.29. The first-order valence-electron chi connectivity index (χ1n) is 9.29. The normalized spacial score (nSPS) is 34.7. The Morgan fingerprint density at radius 3 is 2.62 bits per heavy atom. The van der Waals surface area contributed by atoms with Crippen LogP contribution in [-0.4, -0.2) is 61.7 Å². The molecule has 1 saturated heterocycles. The van der Waals surface area contributed by atoms with E-state index < -0.39 is 0 Å². The van der Waals surface area contributed by atoms with Crippen LogP contribution >= 0.6 is 0 Å². The maximum Gasteiger partial charge on any atom is 0.0255 e. The largest absolute Gasteiger partial charge is 0.313 e. The monoisotopic (exact) mass is 295 g/mol. The second-order valence-corrected chi connectivity index (χ2v) is 7.50. The fraction of sp³-hybridized carbons (Fsp3) is 1.00. The summed E-state index contributed by atoms with van der Waals surface area (Å²) in [4.78, 5) is 5.24. The van der Waals surface area contributed by atoms with E-state index in [1.54, 1.807) is 0 Å². The predicted molar refractivity (Wildman–Crippen MR) is 91.8 cm³/mol. The van der Waals surface area contributed by atoms with Crippen molar-refractivity contribution >= 4 is 0 Å². The summed E-state index contributed by atoms with van der Waals surface area (Å²) in [5, 5.41) is 3.79. The summed E-state index contributed by atoms with van der Waals surface area (Å²) in [5.41, 5.74) is 0. The van der Waals surface area contributed by atoms with Gasteiger partial charge in [0.25, 0.3) is 0 Å². The van der Waals surface area contributed by atoms with Crippen molar-refractivity contribution in [2.75, 3.05) is 33.7 Å². The average Bonchev–Trinajstić information content (AvgIpc) is 2.88. The Labute approximate surface area is 132 Å². The first-order chi connectivity index (χ1) is 10.2. The Balaban J connectivity index is 2.03. The van der Waals surface area contributed by atoms with Gasteiger partial charge in [-0.25, -0.2) is 0 Å². The zero-order chi connectivity index (χ0) is 15.2. The van der Waals surface area contributed by atoms with Gasteiger partial charge in [-0.05, 0) is 65.2 Å². The van der Waals surface area contributed by atoms with Gasteiger partial charge in [0.2, 0.25) is 0 Å². The van der Waals surface area contributed by atoms with Crippen LogP contribution in [0.4, 0.5) is 0 Å². The number of hydrogen-bond donors (Lipinski definition) is 1. The molecule has 2 rings (SSSR count). The minimum Gasteiger partial charge on any atom is -0.313 e. The molecule has 1 aliphatic carbocycles. The molecule has 124 valence electrons. The second-order valence-electron chi connectivity index (χ2n) is 7.50. The third kappa shape index (κ3) is 4.67. The highest BCUT2D eigenvalue weighted by Crippen LogP contribution is 2.34. The molecule has 1 saturated carbocycles. The highest BCUT2D eigenvalue weighted by molar-refractivity contribution is 4.96. The van der Waals surface area contributed by atoms with Crippen LogP contribution in [-0.2, 0) is 0 Å². The van der Waals surface area contributed by atoms with Gasteiger partial charge in [-0.2, -0.15) is 0 Å². The van der Waals surface area contributed by atoms with E-state index in [0.29, 0.717) is 0 Å². The quantitative estimate of drug-likeness (QED) is 0.779. The fourth-order valence-corrected chi connectivity index (χ4v) is 4.68. The van der Waals surface area contributed by atoms with Gasteiger partial charge in [0, 0.05) is 24.7 Å². The van der Waals surface area contributed by atoms with Crippen molar-refractivity contribution < 1.29 is 0 Å². The Morgan fingerprint density at radius 2 is 1.95 bits per heavy atom. The summed E-state index contributed by atoms with van der Waals surface area (Å²) in [5.74, 6) is 0.968. The molecule has 0 aromatic rings. The predicted octanol–water partition coefficient (Wildman–Crippen LogP) is 2.96. The van der Waals surface area contributed by atoms with Crippen LogP contribution in [0.25, 0.3) is 0 Å². The van der Waals surface area contributed by atoms with Gasteiger partial charge in [0.05, 0.1) is 0 Å². The summed E-state index contributed by atoms with van der Waals surface area (Å²) in [7, 11) is 4.44. The maximum atomic E-state index is 3.79. The average molecular weight is 296 g/mol. The lowest BCUT2D eigenvalue weighted by Gasteiger charge is -2.44. The molecular formula is C18H37N3. The van der Waals surface area contributed by atoms with Gasteiger partial charge < -0.3 is 10.2 Å². The number of nitrogens with zero attached hydrogens (tertiary/aromatic N) is 2. The smallest absolute Gasteiger partial charge is 0.0255 e. The Bertz CT molecular complexity index is 292. The molecule has 1 aliphatic heterocycles. The van der Waals surface area contributed by atoms with E-state index >= 15 is 0 Å². The van der Waals surface area contributed by atoms with Gasteiger partial charge >= 0.3 is 0 Å². The zero-order valence-corrected chi connectivity index (χ0v) is 14.8. The Hall–Kier alpha value is -0.120. The van der Waals surface area contributed by atoms with Crippen LogP contribution in [0.3, 0.4) is 0 Å². The molecule has 2 aliphatic rings. The SMILES string of the molecule is CCCC1CCC(NCC)C(N2CCCC2CN(C)C)C1. The highest BCUT2D eigenvalue weighted by atomic mass is 15.3. The Kier molecular flexibility index (Phi) is 6.97. The second kappa shape index (κ2) is 8.50. The van der Waals surface area contributed by atoms with Crippen LogP contribution in [0, 0.1) is 5.92 Å². The standard InChI is InChI=1S/C18H37N3/c1-5-8-15-10-11-17(19-6-2)18(13-15)21-12-7-9-16(21)14-20(3)4/h15-19H,5-14H2,1-4H3. The maximum absolute atomic E-state index is 3.79. The van der Waals surface area contributed by atoms with E-state index in [9.17, 15) is 0 Å². The first kappa shape index (κ1) is 17.2. The Morgan fingerprint density at radius 1 is 1.14 bits per heavy atom. The van der Waals surface area contributed by atoms with Gasteiger partial charge in [-0.1, -0.05) is 26.7 Å². The molecule has 4 unspecified atom stereocenters. The lowest BCUT2D eigenvalue weighted by atomic mass is 9.79. The molecule has 1 heterocycles. The van der Waals surface area contributed by atoms with Gasteiger partial charge in [0.1, 0.15) is 0 Å². The number of nitrogens with one attached hydrogen (secondary N) is 1. The zero-order valence-electron chi connectivity index (χ0n) is 14.8. The van der Waals surface area contributed by atoms with E-state index in [4.69, 9.17) is 0 Å². The van der Waals surface area contributed by atoms with Crippen molar-refractivity contribution in [3.05, 3.63) is 0 Å². The highest BCUT2D eigenvalue weighted by Gasteiger charge is 2.38. The van der Waals surface area contributed by atoms with Gasteiger partial charge in [0.15, 0.2) is 0 Å². The van der Waals surface area contributed by atoms with Crippen LogP contribution < -0.4 is 5.32 Å². The lowest BCUT2D eigenvalue weighted by molar-refractivity contribution is 0.0742. The minimum absolute atomic E-state index is 0.728. The van der Waals surface area contributed by atoms with Crippen molar-refractivity contribution in [2.45, 2.75) is 76.9 Å². The van der Waals surface area contributed by atoms with Crippen LogP contribution in [0.5, 0.6) is 0 Å². The molecule has 3 nitrogen and oxygen atoms in total. The summed E-state index contributed by atoms with van der Waals surface area (Å²) < 4.78 is 0. The molecule has 21 heavy (non-hydrogen) atoms. The number of likely N-dealkylation sites (tertiary alicyclic amines) is 1. The molecule has 2 fully saturated rings. The summed E-state index contributed by atoms with van der Waals surface area (Å²) in [6.45, 7) is 8.27.